The fourth-order valence-corrected chi connectivity index (χ4v) is 3.65. The zero-order valence-corrected chi connectivity index (χ0v) is 15.4. The number of benzene rings is 1. The summed E-state index contributed by atoms with van der Waals surface area (Å²) in [4.78, 5) is 20.8. The van der Waals surface area contributed by atoms with Crippen LogP contribution in [0.1, 0.15) is 37.1 Å². The maximum atomic E-state index is 12.1. The number of aryl methyl sites for hydroxylation is 2. The molecule has 0 unspecified atom stereocenters. The van der Waals surface area contributed by atoms with E-state index in [-0.39, 0.29) is 11.7 Å². The Hall–Kier alpha value is -2.08. The molecule has 5 nitrogen and oxygen atoms in total. The first kappa shape index (κ1) is 17.7. The number of aromatic nitrogens is 2. The summed E-state index contributed by atoms with van der Waals surface area (Å²) in [5.41, 5.74) is 2.59. The number of carbonyl (C=O) groups excluding carboxylic acids is 1. The van der Waals surface area contributed by atoms with Crippen molar-refractivity contribution < 1.29 is 9.53 Å². The van der Waals surface area contributed by atoms with E-state index in [4.69, 9.17) is 4.74 Å². The molecule has 0 atom stereocenters. The van der Waals surface area contributed by atoms with Crippen molar-refractivity contribution in [2.24, 2.45) is 0 Å². The number of anilines is 1. The maximum absolute atomic E-state index is 12.1. The summed E-state index contributed by atoms with van der Waals surface area (Å²) in [5.74, 6) is 1.07. The molecule has 2 aromatic rings. The van der Waals surface area contributed by atoms with Gasteiger partial charge in [0.15, 0.2) is 5.16 Å². The molecular weight excluding hydrogens is 334 g/mol. The Balaban J connectivity index is 1.48. The van der Waals surface area contributed by atoms with E-state index in [9.17, 15) is 4.79 Å². The smallest absolute Gasteiger partial charge is 0.234 e. The van der Waals surface area contributed by atoms with Crippen molar-refractivity contribution in [2.75, 3.05) is 11.1 Å². The largest absolute Gasteiger partial charge is 0.490 e. The molecular formula is C19H23N3O2S. The Morgan fingerprint density at radius 1 is 1.16 bits per heavy atom. The third kappa shape index (κ3) is 5.46. The Morgan fingerprint density at radius 2 is 1.80 bits per heavy atom. The average molecular weight is 357 g/mol. The summed E-state index contributed by atoms with van der Waals surface area (Å²) >= 11 is 1.34. The Morgan fingerprint density at radius 3 is 2.44 bits per heavy atom. The minimum absolute atomic E-state index is 0.0720. The van der Waals surface area contributed by atoms with Gasteiger partial charge in [-0.1, -0.05) is 11.8 Å². The monoisotopic (exact) mass is 357 g/mol. The zero-order valence-electron chi connectivity index (χ0n) is 14.6. The van der Waals surface area contributed by atoms with Gasteiger partial charge in [-0.3, -0.25) is 4.79 Å². The number of ether oxygens (including phenoxy) is 1. The maximum Gasteiger partial charge on any atom is 0.234 e. The zero-order chi connectivity index (χ0) is 17.6. The van der Waals surface area contributed by atoms with Gasteiger partial charge in [-0.05, 0) is 69.9 Å². The number of hydrogen-bond donors (Lipinski definition) is 1. The van der Waals surface area contributed by atoms with E-state index in [1.807, 2.05) is 44.2 Å². The van der Waals surface area contributed by atoms with E-state index in [2.05, 4.69) is 15.3 Å². The van der Waals surface area contributed by atoms with Gasteiger partial charge in [-0.2, -0.15) is 0 Å². The minimum atomic E-state index is -0.0720. The van der Waals surface area contributed by atoms with Crippen LogP contribution in [0.3, 0.4) is 0 Å². The summed E-state index contributed by atoms with van der Waals surface area (Å²) in [6, 6.07) is 9.49. The molecule has 0 radical (unpaired) electrons. The van der Waals surface area contributed by atoms with Crippen LogP contribution in [0.5, 0.6) is 5.75 Å². The molecule has 1 amide bonds. The van der Waals surface area contributed by atoms with Crippen LogP contribution in [0.2, 0.25) is 0 Å². The number of carbonyl (C=O) groups is 1. The standard InChI is InChI=1S/C19H23N3O2S/c1-13-11-14(2)21-19(20-13)25-12-18(23)22-15-7-9-17(10-8-15)24-16-5-3-4-6-16/h7-11,16H,3-6,12H2,1-2H3,(H,22,23). The Labute approximate surface area is 152 Å². The van der Waals surface area contributed by atoms with E-state index in [0.29, 0.717) is 11.3 Å². The third-order valence-corrected chi connectivity index (χ3v) is 4.88. The summed E-state index contributed by atoms with van der Waals surface area (Å²) in [6.07, 6.45) is 5.11. The summed E-state index contributed by atoms with van der Waals surface area (Å²) < 4.78 is 5.93. The first-order valence-corrected chi connectivity index (χ1v) is 9.59. The molecule has 0 spiro atoms. The van der Waals surface area contributed by atoms with Gasteiger partial charge in [0.1, 0.15) is 5.75 Å². The molecule has 1 aliphatic rings. The highest BCUT2D eigenvalue weighted by atomic mass is 32.2. The number of amides is 1. The van der Waals surface area contributed by atoms with Crippen molar-refractivity contribution >= 4 is 23.4 Å². The third-order valence-electron chi connectivity index (χ3n) is 4.04. The lowest BCUT2D eigenvalue weighted by atomic mass is 10.2. The van der Waals surface area contributed by atoms with Gasteiger partial charge in [-0.15, -0.1) is 0 Å². The molecule has 1 aliphatic carbocycles. The molecule has 3 rings (SSSR count). The van der Waals surface area contributed by atoms with Gasteiger partial charge < -0.3 is 10.1 Å². The van der Waals surface area contributed by atoms with Gasteiger partial charge in [0.05, 0.1) is 11.9 Å². The Bertz CT molecular complexity index is 708. The van der Waals surface area contributed by atoms with Gasteiger partial charge in [0.25, 0.3) is 0 Å². The number of nitrogens with one attached hydrogen (secondary N) is 1. The van der Waals surface area contributed by atoms with Crippen LogP contribution in [0.25, 0.3) is 0 Å². The lowest BCUT2D eigenvalue weighted by Crippen LogP contribution is -2.14. The quantitative estimate of drug-likeness (QED) is 0.622. The van der Waals surface area contributed by atoms with Crippen LogP contribution in [0.4, 0.5) is 5.69 Å². The molecule has 0 aliphatic heterocycles. The van der Waals surface area contributed by atoms with Crippen molar-refractivity contribution in [1.29, 1.82) is 0 Å². The van der Waals surface area contributed by atoms with Crippen molar-refractivity contribution in [1.82, 2.24) is 9.97 Å². The molecule has 25 heavy (non-hydrogen) atoms. The van der Waals surface area contributed by atoms with E-state index in [0.717, 1.165) is 35.7 Å². The normalized spacial score (nSPS) is 14.5. The molecule has 1 heterocycles. The minimum Gasteiger partial charge on any atom is -0.490 e. The molecule has 1 aromatic carbocycles. The average Bonchev–Trinajstić information content (AvgIpc) is 3.07. The molecule has 0 bridgehead atoms. The van der Waals surface area contributed by atoms with Crippen molar-refractivity contribution in [3.63, 3.8) is 0 Å². The van der Waals surface area contributed by atoms with Crippen LogP contribution < -0.4 is 10.1 Å². The SMILES string of the molecule is Cc1cc(C)nc(SCC(=O)Nc2ccc(OC3CCCC3)cc2)n1. The van der Waals surface area contributed by atoms with Crippen LogP contribution in [-0.2, 0) is 4.79 Å². The van der Waals surface area contributed by atoms with E-state index >= 15 is 0 Å². The van der Waals surface area contributed by atoms with E-state index < -0.39 is 0 Å². The second-order valence-electron chi connectivity index (χ2n) is 6.32. The van der Waals surface area contributed by atoms with Crippen LogP contribution in [-0.4, -0.2) is 27.7 Å². The molecule has 1 saturated carbocycles. The van der Waals surface area contributed by atoms with Crippen molar-refractivity contribution in [3.05, 3.63) is 41.7 Å². The molecule has 1 N–H and O–H groups in total. The number of thioether (sulfide) groups is 1. The number of hydrogen-bond acceptors (Lipinski definition) is 5. The molecule has 0 saturated heterocycles. The number of nitrogens with zero attached hydrogens (tertiary/aromatic N) is 2. The lowest BCUT2D eigenvalue weighted by molar-refractivity contribution is -0.113. The second kappa shape index (κ2) is 8.34. The first-order chi connectivity index (χ1) is 12.1. The van der Waals surface area contributed by atoms with Crippen LogP contribution in [0, 0.1) is 13.8 Å². The van der Waals surface area contributed by atoms with E-state index in [1.165, 1.54) is 24.6 Å². The highest BCUT2D eigenvalue weighted by Crippen LogP contribution is 2.25. The molecule has 132 valence electrons. The van der Waals surface area contributed by atoms with Crippen molar-refractivity contribution in [2.45, 2.75) is 50.8 Å². The second-order valence-corrected chi connectivity index (χ2v) is 7.26. The van der Waals surface area contributed by atoms with Crippen LogP contribution >= 0.6 is 11.8 Å². The summed E-state index contributed by atoms with van der Waals surface area (Å²) in [7, 11) is 0. The van der Waals surface area contributed by atoms with Gasteiger partial charge in [0, 0.05) is 17.1 Å². The predicted octanol–water partition coefficient (Wildman–Crippen LogP) is 4.15. The van der Waals surface area contributed by atoms with Crippen molar-refractivity contribution in [3.8, 4) is 5.75 Å². The summed E-state index contributed by atoms with van der Waals surface area (Å²) in [5, 5.41) is 3.52. The van der Waals surface area contributed by atoms with Gasteiger partial charge in [0.2, 0.25) is 5.91 Å². The molecule has 1 fully saturated rings. The lowest BCUT2D eigenvalue weighted by Gasteiger charge is -2.13. The number of rotatable bonds is 6. The highest BCUT2D eigenvalue weighted by molar-refractivity contribution is 7.99. The first-order valence-electron chi connectivity index (χ1n) is 8.60. The highest BCUT2D eigenvalue weighted by Gasteiger charge is 2.16. The summed E-state index contributed by atoms with van der Waals surface area (Å²) in [6.45, 7) is 3.85. The predicted molar refractivity (Wildman–Crippen MR) is 100 cm³/mol. The van der Waals surface area contributed by atoms with Gasteiger partial charge >= 0.3 is 0 Å². The van der Waals surface area contributed by atoms with Gasteiger partial charge in [-0.25, -0.2) is 9.97 Å². The van der Waals surface area contributed by atoms with Crippen LogP contribution in [0.15, 0.2) is 35.5 Å². The molecule has 1 aromatic heterocycles. The van der Waals surface area contributed by atoms with E-state index in [1.54, 1.807) is 0 Å². The topological polar surface area (TPSA) is 64.1 Å². The fraction of sp³-hybridized carbons (Fsp3) is 0.421. The molecule has 6 heteroatoms. The fourth-order valence-electron chi connectivity index (χ4n) is 2.90. The Kier molecular flexibility index (Phi) is 5.91.